The number of halogens is 2. The molecule has 1 aliphatic heterocycles. The summed E-state index contributed by atoms with van der Waals surface area (Å²) in [6, 6.07) is 8.94. The average Bonchev–Trinajstić information content (AvgIpc) is 2.82. The van der Waals surface area contributed by atoms with E-state index in [1.807, 2.05) is 12.1 Å². The number of aliphatic carboxylic acids is 1. The van der Waals surface area contributed by atoms with Crippen LogP contribution in [0.25, 0.3) is 0 Å². The number of nitrogens with one attached hydrogen (secondary N) is 2. The summed E-state index contributed by atoms with van der Waals surface area (Å²) in [7, 11) is 0. The third-order valence-corrected chi connectivity index (χ3v) is 6.78. The van der Waals surface area contributed by atoms with Gasteiger partial charge in [-0.25, -0.2) is 14.0 Å². The molecule has 35 heavy (non-hydrogen) atoms. The molecule has 0 unspecified atom stereocenters. The molecule has 0 bridgehead atoms. The van der Waals surface area contributed by atoms with E-state index in [1.54, 1.807) is 11.0 Å². The maximum atomic E-state index is 13.9. The molecule has 0 saturated heterocycles. The lowest BCUT2D eigenvalue weighted by Gasteiger charge is -2.32. The number of para-hydroxylation sites is 1. The van der Waals surface area contributed by atoms with Crippen molar-refractivity contribution in [2.24, 2.45) is 5.92 Å². The van der Waals surface area contributed by atoms with E-state index in [2.05, 4.69) is 10.6 Å². The van der Waals surface area contributed by atoms with Crippen LogP contribution < -0.4 is 10.6 Å². The fraction of sp³-hybridized carbons (Fsp3) is 0.400. The van der Waals surface area contributed by atoms with Gasteiger partial charge in [-0.05, 0) is 73.4 Å². The highest BCUT2D eigenvalue weighted by Crippen LogP contribution is 2.30. The first-order valence-electron chi connectivity index (χ1n) is 11.6. The minimum absolute atomic E-state index is 0.0887. The molecule has 3 N–H and O–H groups in total. The topological polar surface area (TPSA) is 108 Å². The van der Waals surface area contributed by atoms with Crippen molar-refractivity contribution in [3.8, 4) is 0 Å². The monoisotopic (exact) mass is 503 g/mol. The van der Waals surface area contributed by atoms with Gasteiger partial charge in [0.2, 0.25) is 0 Å². The van der Waals surface area contributed by atoms with Crippen LogP contribution in [0.15, 0.2) is 36.4 Å². The zero-order valence-corrected chi connectivity index (χ0v) is 19.8. The predicted molar refractivity (Wildman–Crippen MR) is 129 cm³/mol. The number of carbonyl (C=O) groups excluding carboxylic acids is 2. The number of carboxylic acids is 1. The van der Waals surface area contributed by atoms with Gasteiger partial charge < -0.3 is 25.4 Å². The summed E-state index contributed by atoms with van der Waals surface area (Å²) in [5.74, 6) is -1.26. The van der Waals surface area contributed by atoms with Crippen LogP contribution in [-0.2, 0) is 22.5 Å². The SMILES string of the molecule is O=C(O)CC1CCC(OC(=O)N2CCc3cc(NC(=O)Nc4c(F)cccc4Cl)ccc3C2)CC1. The number of rotatable bonds is 5. The summed E-state index contributed by atoms with van der Waals surface area (Å²) < 4.78 is 19.6. The molecule has 0 atom stereocenters. The van der Waals surface area contributed by atoms with Crippen LogP contribution in [-0.4, -0.2) is 40.7 Å². The molecule has 0 aromatic heterocycles. The van der Waals surface area contributed by atoms with E-state index in [4.69, 9.17) is 21.4 Å². The number of hydrogen-bond donors (Lipinski definition) is 3. The van der Waals surface area contributed by atoms with Gasteiger partial charge in [0.1, 0.15) is 11.9 Å². The second-order valence-corrected chi connectivity index (χ2v) is 9.36. The third kappa shape index (κ3) is 6.42. The molecule has 1 aliphatic carbocycles. The number of nitrogens with zero attached hydrogens (tertiary/aromatic N) is 1. The number of anilines is 2. The van der Waals surface area contributed by atoms with Gasteiger partial charge in [-0.3, -0.25) is 4.79 Å². The van der Waals surface area contributed by atoms with Crippen LogP contribution in [0.4, 0.5) is 25.4 Å². The van der Waals surface area contributed by atoms with E-state index in [-0.39, 0.29) is 35.2 Å². The Hall–Kier alpha value is -3.33. The molecule has 10 heteroatoms. The fourth-order valence-corrected chi connectivity index (χ4v) is 4.81. The Labute approximate surface area is 207 Å². The van der Waals surface area contributed by atoms with Crippen molar-refractivity contribution in [1.29, 1.82) is 0 Å². The van der Waals surface area contributed by atoms with E-state index >= 15 is 0 Å². The van der Waals surface area contributed by atoms with Crippen molar-refractivity contribution >= 4 is 41.1 Å². The Bertz CT molecular complexity index is 1100. The highest BCUT2D eigenvalue weighted by Gasteiger charge is 2.28. The predicted octanol–water partition coefficient (Wildman–Crippen LogP) is 5.65. The molecule has 1 fully saturated rings. The molecule has 1 saturated carbocycles. The number of carboxylic acid groups (broad SMARTS) is 1. The minimum atomic E-state index is -0.786. The summed E-state index contributed by atoms with van der Waals surface area (Å²) in [4.78, 5) is 37.5. The fourth-order valence-electron chi connectivity index (χ4n) is 4.60. The highest BCUT2D eigenvalue weighted by molar-refractivity contribution is 6.33. The molecule has 3 amide bonds. The van der Waals surface area contributed by atoms with E-state index in [0.29, 0.717) is 38.0 Å². The van der Waals surface area contributed by atoms with Crippen LogP contribution in [0.5, 0.6) is 0 Å². The molecular formula is C25H27ClFN3O5. The van der Waals surface area contributed by atoms with Crippen LogP contribution >= 0.6 is 11.6 Å². The maximum Gasteiger partial charge on any atom is 0.410 e. The molecule has 4 rings (SSSR count). The summed E-state index contributed by atoms with van der Waals surface area (Å²) in [5, 5.41) is 14.1. The third-order valence-electron chi connectivity index (χ3n) is 6.46. The lowest BCUT2D eigenvalue weighted by molar-refractivity contribution is -0.138. The number of carbonyl (C=O) groups is 3. The quantitative estimate of drug-likeness (QED) is 0.488. The molecule has 1 heterocycles. The lowest BCUT2D eigenvalue weighted by Crippen LogP contribution is -2.39. The van der Waals surface area contributed by atoms with Crippen molar-refractivity contribution < 1.29 is 28.6 Å². The Balaban J connectivity index is 1.29. The zero-order valence-electron chi connectivity index (χ0n) is 19.1. The van der Waals surface area contributed by atoms with Crippen LogP contribution in [0, 0.1) is 11.7 Å². The van der Waals surface area contributed by atoms with E-state index < -0.39 is 17.8 Å². The van der Waals surface area contributed by atoms with Crippen molar-refractivity contribution in [1.82, 2.24) is 4.90 Å². The lowest BCUT2D eigenvalue weighted by atomic mass is 9.85. The van der Waals surface area contributed by atoms with Gasteiger partial charge in [-0.1, -0.05) is 23.7 Å². The van der Waals surface area contributed by atoms with Crippen molar-refractivity contribution in [2.45, 2.75) is 51.2 Å². The van der Waals surface area contributed by atoms with Gasteiger partial charge in [0.15, 0.2) is 0 Å². The minimum Gasteiger partial charge on any atom is -0.481 e. The zero-order chi connectivity index (χ0) is 24.9. The first-order chi connectivity index (χ1) is 16.8. The number of amides is 3. The average molecular weight is 504 g/mol. The van der Waals surface area contributed by atoms with Gasteiger partial charge in [-0.2, -0.15) is 0 Å². The number of ether oxygens (including phenoxy) is 1. The van der Waals surface area contributed by atoms with Gasteiger partial charge in [0, 0.05) is 25.2 Å². The molecule has 0 radical (unpaired) electrons. The molecule has 0 spiro atoms. The number of benzene rings is 2. The van der Waals surface area contributed by atoms with Gasteiger partial charge in [0.25, 0.3) is 0 Å². The molecule has 2 aromatic rings. The van der Waals surface area contributed by atoms with E-state index in [1.165, 1.54) is 18.2 Å². The van der Waals surface area contributed by atoms with Gasteiger partial charge in [0.05, 0.1) is 10.7 Å². The number of hydrogen-bond acceptors (Lipinski definition) is 4. The largest absolute Gasteiger partial charge is 0.481 e. The summed E-state index contributed by atoms with van der Waals surface area (Å²) >= 11 is 5.95. The first-order valence-corrected chi connectivity index (χ1v) is 12.0. The number of urea groups is 1. The Morgan fingerprint density at radius 2 is 1.86 bits per heavy atom. The first kappa shape index (κ1) is 24.8. The van der Waals surface area contributed by atoms with Crippen molar-refractivity contribution in [3.63, 3.8) is 0 Å². The molecule has 186 valence electrons. The van der Waals surface area contributed by atoms with E-state index in [9.17, 15) is 18.8 Å². The second-order valence-electron chi connectivity index (χ2n) is 8.96. The molecular weight excluding hydrogens is 477 g/mol. The maximum absolute atomic E-state index is 13.9. The normalized spacial score (nSPS) is 19.4. The molecule has 8 nitrogen and oxygen atoms in total. The smallest absolute Gasteiger partial charge is 0.410 e. The van der Waals surface area contributed by atoms with Gasteiger partial charge in [-0.15, -0.1) is 0 Å². The van der Waals surface area contributed by atoms with Crippen molar-refractivity contribution in [2.75, 3.05) is 17.2 Å². The van der Waals surface area contributed by atoms with Gasteiger partial charge >= 0.3 is 18.1 Å². The van der Waals surface area contributed by atoms with Crippen LogP contribution in [0.1, 0.15) is 43.2 Å². The Morgan fingerprint density at radius 1 is 1.09 bits per heavy atom. The summed E-state index contributed by atoms with van der Waals surface area (Å²) in [6.07, 6.45) is 3.10. The standard InChI is InChI=1S/C25H27ClFN3O5/c26-20-2-1-3-21(27)23(20)29-24(33)28-18-7-6-17-14-30(11-10-16(17)13-18)25(34)35-19-8-4-15(5-9-19)12-22(31)32/h1-3,6-7,13,15,19H,4-5,8-12,14H2,(H,31,32)(H2,28,29,33). The second kappa shape index (κ2) is 10.9. The summed E-state index contributed by atoms with van der Waals surface area (Å²) in [5.41, 5.74) is 2.42. The van der Waals surface area contributed by atoms with E-state index in [0.717, 1.165) is 24.0 Å². The Kier molecular flexibility index (Phi) is 7.75. The molecule has 2 aliphatic rings. The highest BCUT2D eigenvalue weighted by atomic mass is 35.5. The van der Waals surface area contributed by atoms with Crippen LogP contribution in [0.2, 0.25) is 5.02 Å². The Morgan fingerprint density at radius 3 is 2.57 bits per heavy atom. The number of fused-ring (bicyclic) bond motifs is 1. The molecule has 2 aromatic carbocycles. The van der Waals surface area contributed by atoms with Crippen molar-refractivity contribution in [3.05, 3.63) is 58.4 Å². The van der Waals surface area contributed by atoms with Crippen LogP contribution in [0.3, 0.4) is 0 Å². The summed E-state index contributed by atoms with van der Waals surface area (Å²) in [6.45, 7) is 0.889.